The number of thiol groups is 1. The number of hydrogen-bond acceptors (Lipinski definition) is 7. The molecule has 0 rings (SSSR count). The van der Waals surface area contributed by atoms with E-state index in [1.54, 1.807) is 20.8 Å². The van der Waals surface area contributed by atoms with E-state index in [0.717, 1.165) is 0 Å². The smallest absolute Gasteiger partial charge is 0.327 e. The molecule has 0 radical (unpaired) electrons. The van der Waals surface area contributed by atoms with Crippen molar-refractivity contribution in [2.75, 3.05) is 6.54 Å². The quantitative estimate of drug-likeness (QED) is 0.200. The van der Waals surface area contributed by atoms with Gasteiger partial charge in [0, 0.05) is 19.5 Å². The minimum absolute atomic E-state index is 0.0338. The van der Waals surface area contributed by atoms with Crippen LogP contribution in [0.1, 0.15) is 20.8 Å². The van der Waals surface area contributed by atoms with Gasteiger partial charge in [0.15, 0.2) is 0 Å². The van der Waals surface area contributed by atoms with Gasteiger partial charge in [-0.25, -0.2) is 0 Å². The van der Waals surface area contributed by atoms with Gasteiger partial charge >= 0.3 is 5.97 Å². The summed E-state index contributed by atoms with van der Waals surface area (Å²) in [7, 11) is 0. The molecule has 0 aromatic heterocycles. The Balaban J connectivity index is 4.04. The lowest BCUT2D eigenvalue weighted by atomic mass is 10.2. The van der Waals surface area contributed by atoms with Gasteiger partial charge in [-0.2, -0.15) is 5.48 Å². The van der Waals surface area contributed by atoms with Crippen LogP contribution in [-0.4, -0.2) is 24.2 Å². The van der Waals surface area contributed by atoms with E-state index >= 15 is 0 Å². The first-order valence-electron chi connectivity index (χ1n) is 4.06. The summed E-state index contributed by atoms with van der Waals surface area (Å²) < 4.78 is 9.02. The predicted octanol–water partition coefficient (Wildman–Crippen LogP) is -0.0470. The molecule has 7 heteroatoms. The van der Waals surface area contributed by atoms with Gasteiger partial charge in [0.2, 0.25) is 0 Å². The molecule has 14 heavy (non-hydrogen) atoms. The van der Waals surface area contributed by atoms with Gasteiger partial charge in [0.05, 0.1) is 0 Å². The summed E-state index contributed by atoms with van der Waals surface area (Å²) >= 11 is 3.31. The summed E-state index contributed by atoms with van der Waals surface area (Å²) in [4.78, 5) is 15.6. The van der Waals surface area contributed by atoms with Crippen molar-refractivity contribution in [3.63, 3.8) is 0 Å². The van der Waals surface area contributed by atoms with Crippen LogP contribution in [0.5, 0.6) is 0 Å². The highest BCUT2D eigenvalue weighted by Gasteiger charge is 2.24. The first-order valence-corrected chi connectivity index (χ1v) is 4.42. The van der Waals surface area contributed by atoms with E-state index < -0.39 is 17.6 Å². The molecule has 84 valence electrons. The van der Waals surface area contributed by atoms with E-state index in [0.29, 0.717) is 0 Å². The molecule has 0 saturated heterocycles. The van der Waals surface area contributed by atoms with Gasteiger partial charge < -0.3 is 10.5 Å². The summed E-state index contributed by atoms with van der Waals surface area (Å²) in [6.45, 7) is 5.31. The molecule has 0 amide bonds. The molecule has 0 aliphatic carbocycles. The van der Waals surface area contributed by atoms with Crippen molar-refractivity contribution >= 4 is 18.9 Å². The molecule has 0 saturated carbocycles. The highest BCUT2D eigenvalue weighted by atomic mass is 32.1. The Bertz CT molecular complexity index is 183. The van der Waals surface area contributed by atoms with Crippen LogP contribution in [0.4, 0.5) is 0 Å². The van der Waals surface area contributed by atoms with Gasteiger partial charge in [-0.3, -0.25) is 4.79 Å². The molecular weight excluding hydrogens is 208 g/mol. The minimum Gasteiger partial charge on any atom is -0.459 e. The normalized spacial score (nSPS) is 13.8. The summed E-state index contributed by atoms with van der Waals surface area (Å²) in [5.74, 6) is -0.509. The Kier molecular flexibility index (Phi) is 6.05. The average molecular weight is 224 g/mol. The zero-order chi connectivity index (χ0) is 11.2. The number of nitrogens with one attached hydrogen (secondary N) is 1. The van der Waals surface area contributed by atoms with E-state index in [2.05, 4.69) is 27.7 Å². The third-order valence-electron chi connectivity index (χ3n) is 1.15. The molecule has 0 aromatic rings. The van der Waals surface area contributed by atoms with Gasteiger partial charge in [-0.1, -0.05) is 0 Å². The van der Waals surface area contributed by atoms with Crippen molar-refractivity contribution in [3.8, 4) is 0 Å². The fourth-order valence-electron chi connectivity index (χ4n) is 0.645. The van der Waals surface area contributed by atoms with E-state index in [1.165, 1.54) is 0 Å². The van der Waals surface area contributed by atoms with Crippen LogP contribution in [0.2, 0.25) is 0 Å². The predicted molar refractivity (Wildman–Crippen MR) is 53.0 cm³/mol. The number of ether oxygens (including phenoxy) is 1. The van der Waals surface area contributed by atoms with E-state index in [1.807, 2.05) is 0 Å². The van der Waals surface area contributed by atoms with Crippen molar-refractivity contribution < 1.29 is 18.9 Å². The molecule has 3 N–H and O–H groups in total. The topological polar surface area (TPSA) is 82.8 Å². The number of carbonyl (C=O) groups is 1. The van der Waals surface area contributed by atoms with Gasteiger partial charge in [0.25, 0.3) is 0 Å². The number of hydroxylamine groups is 1. The van der Waals surface area contributed by atoms with Crippen molar-refractivity contribution in [1.82, 2.24) is 5.48 Å². The zero-order valence-corrected chi connectivity index (χ0v) is 9.34. The second-order valence-corrected chi connectivity index (χ2v) is 3.75. The van der Waals surface area contributed by atoms with E-state index in [-0.39, 0.29) is 6.54 Å². The molecule has 6 nitrogen and oxygen atoms in total. The van der Waals surface area contributed by atoms with Crippen LogP contribution in [0.25, 0.3) is 0 Å². The summed E-state index contributed by atoms with van der Waals surface area (Å²) in [5, 5.41) is 0. The van der Waals surface area contributed by atoms with Crippen LogP contribution in [0.3, 0.4) is 0 Å². The molecule has 0 aromatic carbocycles. The molecule has 0 heterocycles. The molecule has 0 fully saturated rings. The highest BCUT2D eigenvalue weighted by molar-refractivity contribution is 7.74. The lowest BCUT2D eigenvalue weighted by Crippen LogP contribution is -2.45. The maximum Gasteiger partial charge on any atom is 0.327 e. The largest absolute Gasteiger partial charge is 0.459 e. The fourth-order valence-corrected chi connectivity index (χ4v) is 0.688. The third-order valence-corrected chi connectivity index (χ3v) is 1.23. The standard InChI is InChI=1S/C7H16N2O4S/c1-7(2,3)11-6(10)5(4-8)9-12-13-14/h5,9,14H,4,8H2,1-3H3. The van der Waals surface area contributed by atoms with Crippen LogP contribution >= 0.6 is 12.9 Å². The van der Waals surface area contributed by atoms with E-state index in [4.69, 9.17) is 10.5 Å². The maximum absolute atomic E-state index is 11.4. The highest BCUT2D eigenvalue weighted by Crippen LogP contribution is 2.08. The van der Waals surface area contributed by atoms with Crippen LogP contribution in [0.15, 0.2) is 0 Å². The number of hydrogen-bond donors (Lipinski definition) is 3. The molecule has 0 aliphatic heterocycles. The van der Waals surface area contributed by atoms with Crippen molar-refractivity contribution in [1.29, 1.82) is 0 Å². The van der Waals surface area contributed by atoms with Crippen molar-refractivity contribution in [2.24, 2.45) is 5.73 Å². The molecular formula is C7H16N2O4S. The molecule has 0 aliphatic rings. The second kappa shape index (κ2) is 6.20. The van der Waals surface area contributed by atoms with Crippen LogP contribution < -0.4 is 11.2 Å². The Morgan fingerprint density at radius 2 is 2.14 bits per heavy atom. The van der Waals surface area contributed by atoms with Crippen molar-refractivity contribution in [2.45, 2.75) is 32.4 Å². The Morgan fingerprint density at radius 1 is 1.57 bits per heavy atom. The lowest BCUT2D eigenvalue weighted by Gasteiger charge is -2.22. The maximum atomic E-state index is 11.4. The van der Waals surface area contributed by atoms with Crippen molar-refractivity contribution in [3.05, 3.63) is 0 Å². The van der Waals surface area contributed by atoms with Gasteiger partial charge in [0.1, 0.15) is 11.6 Å². The first-order chi connectivity index (χ1) is 6.40. The van der Waals surface area contributed by atoms with Crippen LogP contribution in [-0.2, 0) is 18.9 Å². The molecule has 0 spiro atoms. The minimum atomic E-state index is -0.777. The Labute approximate surface area is 88.6 Å². The van der Waals surface area contributed by atoms with Gasteiger partial charge in [-0.15, -0.1) is 9.32 Å². The number of carbonyl (C=O) groups excluding carboxylic acids is 1. The number of rotatable bonds is 5. The second-order valence-electron chi connectivity index (χ2n) is 3.60. The SMILES string of the molecule is CC(C)(C)OC(=O)C(CN)NOOS. The van der Waals surface area contributed by atoms with Gasteiger partial charge in [-0.05, 0) is 20.8 Å². The third kappa shape index (κ3) is 6.17. The zero-order valence-electron chi connectivity index (χ0n) is 8.44. The number of esters is 1. The molecule has 1 unspecified atom stereocenters. The molecule has 1 atom stereocenters. The Hall–Kier alpha value is -0.340. The van der Waals surface area contributed by atoms with E-state index in [9.17, 15) is 4.79 Å². The number of nitrogens with two attached hydrogens (primary N) is 1. The monoisotopic (exact) mass is 224 g/mol. The average Bonchev–Trinajstić information content (AvgIpc) is 2.02. The summed E-state index contributed by atoms with van der Waals surface area (Å²) in [6, 6.07) is -0.777. The fraction of sp³-hybridized carbons (Fsp3) is 0.857. The lowest BCUT2D eigenvalue weighted by molar-refractivity contribution is -0.253. The first kappa shape index (κ1) is 13.7. The summed E-state index contributed by atoms with van der Waals surface area (Å²) in [6.07, 6.45) is 0. The Morgan fingerprint density at radius 3 is 2.50 bits per heavy atom. The molecule has 0 bridgehead atoms. The summed E-state index contributed by atoms with van der Waals surface area (Å²) in [5.41, 5.74) is 6.99. The van der Waals surface area contributed by atoms with Crippen LogP contribution in [0, 0.1) is 0 Å².